The lowest BCUT2D eigenvalue weighted by Gasteiger charge is -2.04. The van der Waals surface area contributed by atoms with E-state index in [4.69, 9.17) is 9.97 Å². The zero-order valence-electron chi connectivity index (χ0n) is 19.3. The molecule has 8 nitrogen and oxygen atoms in total. The van der Waals surface area contributed by atoms with Crippen LogP contribution < -0.4 is 5.32 Å². The lowest BCUT2D eigenvalue weighted by atomic mass is 10.1. The fourth-order valence-corrected chi connectivity index (χ4v) is 4.23. The number of nitrogens with one attached hydrogen (secondary N) is 2. The highest BCUT2D eigenvalue weighted by atomic mass is 15.3. The molecule has 0 unspecified atom stereocenters. The van der Waals surface area contributed by atoms with Crippen molar-refractivity contribution in [3.8, 4) is 22.6 Å². The minimum atomic E-state index is 0.609. The van der Waals surface area contributed by atoms with E-state index in [-0.39, 0.29) is 0 Å². The average Bonchev–Trinajstić information content (AvgIpc) is 3.53. The lowest BCUT2D eigenvalue weighted by Crippen LogP contribution is -2.18. The summed E-state index contributed by atoms with van der Waals surface area (Å²) in [6.07, 6.45) is 6.29. The molecular weight excluding hydrogens is 436 g/mol. The molecule has 0 fully saturated rings. The summed E-state index contributed by atoms with van der Waals surface area (Å²) in [4.78, 5) is 22.0. The SMILES string of the molecule is Cc1cccc(-c2nc(CNCCc3cc4ccccc4cn3)[nH]c2-c2ccc3ncnn3c2)n1. The summed E-state index contributed by atoms with van der Waals surface area (Å²) in [5, 5.41) is 10.1. The van der Waals surface area contributed by atoms with E-state index in [0.29, 0.717) is 6.54 Å². The standard InChI is InChI=1S/C27H24N8/c1-18-5-4-8-23(32-18)27-26(21-9-10-25-30-17-31-35(25)16-21)33-24(34-27)15-28-12-11-22-13-19-6-2-3-7-20(19)14-29-22/h2-10,13-14,16-17,28H,11-12,15H2,1H3,(H,33,34). The Morgan fingerprint density at radius 2 is 1.86 bits per heavy atom. The van der Waals surface area contributed by atoms with Crippen LogP contribution in [-0.2, 0) is 13.0 Å². The molecule has 0 spiro atoms. The average molecular weight is 461 g/mol. The molecule has 0 aliphatic carbocycles. The number of hydrogen-bond acceptors (Lipinski definition) is 6. The Morgan fingerprint density at radius 1 is 0.943 bits per heavy atom. The minimum absolute atomic E-state index is 0.609. The van der Waals surface area contributed by atoms with E-state index in [1.54, 1.807) is 10.8 Å². The Kier molecular flexibility index (Phi) is 5.48. The lowest BCUT2D eigenvalue weighted by molar-refractivity contribution is 0.660. The predicted octanol–water partition coefficient (Wildman–Crippen LogP) is 4.37. The molecule has 2 N–H and O–H groups in total. The van der Waals surface area contributed by atoms with Crippen molar-refractivity contribution in [3.63, 3.8) is 0 Å². The number of pyridine rings is 3. The van der Waals surface area contributed by atoms with Gasteiger partial charge in [-0.3, -0.25) is 9.97 Å². The van der Waals surface area contributed by atoms with Gasteiger partial charge in [-0.2, -0.15) is 5.10 Å². The second-order valence-corrected chi connectivity index (χ2v) is 8.50. The van der Waals surface area contributed by atoms with E-state index in [1.807, 2.05) is 55.7 Å². The number of rotatable bonds is 7. The number of nitrogens with zero attached hydrogens (tertiary/aromatic N) is 6. The molecule has 8 heteroatoms. The third kappa shape index (κ3) is 4.39. The van der Waals surface area contributed by atoms with E-state index >= 15 is 0 Å². The summed E-state index contributed by atoms with van der Waals surface area (Å²) < 4.78 is 1.76. The topological polar surface area (TPSA) is 96.7 Å². The molecular formula is C27H24N8. The van der Waals surface area contributed by atoms with Crippen molar-refractivity contribution < 1.29 is 0 Å². The quantitative estimate of drug-likeness (QED) is 0.344. The Morgan fingerprint density at radius 3 is 2.77 bits per heavy atom. The van der Waals surface area contributed by atoms with Crippen molar-refractivity contribution in [2.75, 3.05) is 6.54 Å². The van der Waals surface area contributed by atoms with Crippen molar-refractivity contribution in [2.45, 2.75) is 19.9 Å². The van der Waals surface area contributed by atoms with Crippen LogP contribution in [-0.4, -0.2) is 41.1 Å². The summed E-state index contributed by atoms with van der Waals surface area (Å²) in [6, 6.07) is 20.4. The third-order valence-corrected chi connectivity index (χ3v) is 5.98. The molecule has 0 aliphatic rings. The maximum atomic E-state index is 4.91. The number of hydrogen-bond donors (Lipinski definition) is 2. The fraction of sp³-hybridized carbons (Fsp3) is 0.148. The minimum Gasteiger partial charge on any atom is -0.340 e. The first-order chi connectivity index (χ1) is 17.2. The van der Waals surface area contributed by atoms with E-state index in [0.717, 1.165) is 63.9 Å². The second kappa shape index (κ2) is 9.08. The number of fused-ring (bicyclic) bond motifs is 2. The largest absolute Gasteiger partial charge is 0.340 e. The maximum absolute atomic E-state index is 4.91. The molecule has 0 saturated carbocycles. The molecule has 35 heavy (non-hydrogen) atoms. The van der Waals surface area contributed by atoms with Crippen LogP contribution in [0.15, 0.2) is 79.4 Å². The van der Waals surface area contributed by atoms with Crippen molar-refractivity contribution in [1.29, 1.82) is 0 Å². The highest BCUT2D eigenvalue weighted by Gasteiger charge is 2.16. The van der Waals surface area contributed by atoms with Crippen LogP contribution in [0.5, 0.6) is 0 Å². The molecule has 172 valence electrons. The molecule has 5 aromatic heterocycles. The summed E-state index contributed by atoms with van der Waals surface area (Å²) in [6.45, 7) is 3.39. The summed E-state index contributed by atoms with van der Waals surface area (Å²) in [5.74, 6) is 0.850. The third-order valence-electron chi connectivity index (χ3n) is 5.98. The number of aryl methyl sites for hydroxylation is 1. The van der Waals surface area contributed by atoms with E-state index < -0.39 is 0 Å². The van der Waals surface area contributed by atoms with Crippen LogP contribution in [0.1, 0.15) is 17.2 Å². The van der Waals surface area contributed by atoms with Crippen LogP contribution in [0.4, 0.5) is 0 Å². The van der Waals surface area contributed by atoms with Crippen LogP contribution in [0, 0.1) is 6.92 Å². The van der Waals surface area contributed by atoms with Crippen molar-refractivity contribution in [3.05, 3.63) is 96.6 Å². The first kappa shape index (κ1) is 21.1. The second-order valence-electron chi connectivity index (χ2n) is 8.50. The number of H-pyrrole nitrogens is 1. The zero-order chi connectivity index (χ0) is 23.6. The van der Waals surface area contributed by atoms with E-state index in [2.05, 4.69) is 49.6 Å². The highest BCUT2D eigenvalue weighted by Crippen LogP contribution is 2.29. The number of imidazole rings is 1. The van der Waals surface area contributed by atoms with Crippen LogP contribution in [0.3, 0.4) is 0 Å². The predicted molar refractivity (Wildman–Crippen MR) is 136 cm³/mol. The Balaban J connectivity index is 1.23. The highest BCUT2D eigenvalue weighted by molar-refractivity contribution is 5.81. The van der Waals surface area contributed by atoms with Crippen LogP contribution in [0.2, 0.25) is 0 Å². The molecule has 0 amide bonds. The fourth-order valence-electron chi connectivity index (χ4n) is 4.23. The molecule has 1 aromatic carbocycles. The number of benzene rings is 1. The van der Waals surface area contributed by atoms with Crippen molar-refractivity contribution in [1.82, 2.24) is 39.9 Å². The number of aromatic amines is 1. The molecule has 0 saturated heterocycles. The van der Waals surface area contributed by atoms with Crippen molar-refractivity contribution in [2.24, 2.45) is 0 Å². The van der Waals surface area contributed by atoms with Gasteiger partial charge in [-0.05, 0) is 42.6 Å². The normalized spacial score (nSPS) is 11.5. The van der Waals surface area contributed by atoms with Gasteiger partial charge in [0, 0.05) is 47.7 Å². The van der Waals surface area contributed by atoms with Gasteiger partial charge in [0.1, 0.15) is 17.8 Å². The van der Waals surface area contributed by atoms with Gasteiger partial charge in [-0.1, -0.05) is 30.3 Å². The molecule has 5 heterocycles. The molecule has 6 rings (SSSR count). The first-order valence-corrected chi connectivity index (χ1v) is 11.6. The molecule has 0 radical (unpaired) electrons. The van der Waals surface area contributed by atoms with Gasteiger partial charge in [0.25, 0.3) is 0 Å². The zero-order valence-corrected chi connectivity index (χ0v) is 19.3. The van der Waals surface area contributed by atoms with E-state index in [9.17, 15) is 0 Å². The van der Waals surface area contributed by atoms with Crippen LogP contribution in [0.25, 0.3) is 39.1 Å². The van der Waals surface area contributed by atoms with Gasteiger partial charge in [0.15, 0.2) is 5.65 Å². The number of aromatic nitrogens is 7. The Bertz CT molecular complexity index is 1630. The van der Waals surface area contributed by atoms with Gasteiger partial charge >= 0.3 is 0 Å². The maximum Gasteiger partial charge on any atom is 0.155 e. The van der Waals surface area contributed by atoms with Gasteiger partial charge in [-0.25, -0.2) is 14.5 Å². The van der Waals surface area contributed by atoms with Gasteiger partial charge < -0.3 is 10.3 Å². The van der Waals surface area contributed by atoms with Gasteiger partial charge in [0.05, 0.1) is 17.9 Å². The molecule has 0 bridgehead atoms. The Labute approximate surface area is 202 Å². The summed E-state index contributed by atoms with van der Waals surface area (Å²) in [7, 11) is 0. The summed E-state index contributed by atoms with van der Waals surface area (Å²) in [5.41, 5.74) is 6.36. The summed E-state index contributed by atoms with van der Waals surface area (Å²) >= 11 is 0. The van der Waals surface area contributed by atoms with E-state index in [1.165, 1.54) is 5.39 Å². The van der Waals surface area contributed by atoms with Gasteiger partial charge in [-0.15, -0.1) is 0 Å². The molecule has 0 aliphatic heterocycles. The molecule has 6 aromatic rings. The monoisotopic (exact) mass is 460 g/mol. The Hall–Kier alpha value is -4.43. The van der Waals surface area contributed by atoms with Crippen molar-refractivity contribution >= 4 is 16.4 Å². The molecule has 0 atom stereocenters. The smallest absolute Gasteiger partial charge is 0.155 e. The van der Waals surface area contributed by atoms with Gasteiger partial charge in [0.2, 0.25) is 0 Å². The van der Waals surface area contributed by atoms with Crippen LogP contribution >= 0.6 is 0 Å². The first-order valence-electron chi connectivity index (χ1n) is 11.6.